The van der Waals surface area contributed by atoms with Gasteiger partial charge in [0.2, 0.25) is 15.9 Å². The maximum absolute atomic E-state index is 13.0. The first-order valence-corrected chi connectivity index (χ1v) is 13.7. The molecule has 6 nitrogen and oxygen atoms in total. The van der Waals surface area contributed by atoms with E-state index in [1.807, 2.05) is 12.1 Å². The van der Waals surface area contributed by atoms with E-state index in [9.17, 15) is 13.2 Å². The molecule has 2 saturated heterocycles. The lowest BCUT2D eigenvalue weighted by Crippen LogP contribution is -2.45. The minimum absolute atomic E-state index is 0.0753. The maximum atomic E-state index is 13.0. The van der Waals surface area contributed by atoms with E-state index in [2.05, 4.69) is 22.3 Å². The fourth-order valence-electron chi connectivity index (χ4n) is 4.73. The standard InChI is InChI=1S/C25H32ClN3O3S/c26-24-11-5-7-20(15-24)19-33(31,32)29-14-6-10-23(18-29)25(30)27-16-21-8-1-2-9-22(21)17-28-12-3-4-13-28/h1-2,5,7-9,11,15,23H,3-4,6,10,12-14,16-19H2,(H,27,30)/t23-/m1/s1. The highest BCUT2D eigenvalue weighted by atomic mass is 35.5. The lowest BCUT2D eigenvalue weighted by molar-refractivity contribution is -0.126. The molecular formula is C25H32ClN3O3S. The summed E-state index contributed by atoms with van der Waals surface area (Å²) in [6.45, 7) is 4.31. The third kappa shape index (κ3) is 6.57. The SMILES string of the molecule is O=C(NCc1ccccc1CN1CCCC1)[C@@H]1CCCN(S(=O)(=O)Cc2cccc(Cl)c2)C1. The molecule has 1 amide bonds. The summed E-state index contributed by atoms with van der Waals surface area (Å²) in [6, 6.07) is 15.1. The summed E-state index contributed by atoms with van der Waals surface area (Å²) in [4.78, 5) is 15.4. The maximum Gasteiger partial charge on any atom is 0.224 e. The van der Waals surface area contributed by atoms with Crippen LogP contribution in [0.2, 0.25) is 5.02 Å². The molecule has 178 valence electrons. The van der Waals surface area contributed by atoms with Crippen molar-refractivity contribution in [2.24, 2.45) is 5.92 Å². The van der Waals surface area contributed by atoms with Crippen LogP contribution in [-0.4, -0.2) is 49.7 Å². The quantitative estimate of drug-likeness (QED) is 0.612. The zero-order chi connectivity index (χ0) is 23.3. The van der Waals surface area contributed by atoms with Gasteiger partial charge < -0.3 is 5.32 Å². The van der Waals surface area contributed by atoms with Gasteiger partial charge in [-0.15, -0.1) is 0 Å². The molecule has 2 fully saturated rings. The monoisotopic (exact) mass is 489 g/mol. The molecule has 1 N–H and O–H groups in total. The van der Waals surface area contributed by atoms with Gasteiger partial charge in [-0.1, -0.05) is 48.0 Å². The summed E-state index contributed by atoms with van der Waals surface area (Å²) in [7, 11) is -3.52. The molecule has 8 heteroatoms. The van der Waals surface area contributed by atoms with Crippen LogP contribution in [0.5, 0.6) is 0 Å². The Morgan fingerprint density at radius 1 is 1.00 bits per heavy atom. The molecule has 0 spiro atoms. The Kier molecular flexibility index (Phi) is 8.07. The number of halogens is 1. The first-order valence-electron chi connectivity index (χ1n) is 11.7. The van der Waals surface area contributed by atoms with E-state index in [1.165, 1.54) is 22.7 Å². The van der Waals surface area contributed by atoms with Crippen LogP contribution in [0.4, 0.5) is 0 Å². The normalized spacial score (nSPS) is 20.1. The molecule has 0 radical (unpaired) electrons. The number of amides is 1. The molecule has 33 heavy (non-hydrogen) atoms. The average molecular weight is 490 g/mol. The lowest BCUT2D eigenvalue weighted by Gasteiger charge is -2.31. The van der Waals surface area contributed by atoms with E-state index in [0.717, 1.165) is 25.2 Å². The highest BCUT2D eigenvalue weighted by Crippen LogP contribution is 2.23. The van der Waals surface area contributed by atoms with E-state index in [0.29, 0.717) is 36.5 Å². The first-order chi connectivity index (χ1) is 15.9. The van der Waals surface area contributed by atoms with Crippen LogP contribution in [0.25, 0.3) is 0 Å². The van der Waals surface area contributed by atoms with Crippen molar-refractivity contribution in [1.29, 1.82) is 0 Å². The summed E-state index contributed by atoms with van der Waals surface area (Å²) in [5.41, 5.74) is 3.02. The van der Waals surface area contributed by atoms with Gasteiger partial charge in [0.1, 0.15) is 0 Å². The Labute approximate surface area is 202 Å². The van der Waals surface area contributed by atoms with Crippen molar-refractivity contribution >= 4 is 27.5 Å². The summed E-state index contributed by atoms with van der Waals surface area (Å²) in [6.07, 6.45) is 3.87. The predicted octanol–water partition coefficient (Wildman–Crippen LogP) is 3.79. The van der Waals surface area contributed by atoms with Crippen LogP contribution < -0.4 is 5.32 Å². The number of piperidine rings is 1. The number of carbonyl (C=O) groups is 1. The summed E-state index contributed by atoms with van der Waals surface area (Å²) >= 11 is 6.00. The molecule has 2 heterocycles. The first kappa shape index (κ1) is 24.2. The average Bonchev–Trinajstić information content (AvgIpc) is 3.31. The molecule has 2 aromatic rings. The highest BCUT2D eigenvalue weighted by Gasteiger charge is 2.32. The van der Waals surface area contributed by atoms with Gasteiger partial charge in [-0.3, -0.25) is 9.69 Å². The molecule has 0 aromatic heterocycles. The highest BCUT2D eigenvalue weighted by molar-refractivity contribution is 7.88. The van der Waals surface area contributed by atoms with Crippen molar-refractivity contribution in [2.75, 3.05) is 26.2 Å². The molecule has 0 saturated carbocycles. The predicted molar refractivity (Wildman–Crippen MR) is 131 cm³/mol. The number of sulfonamides is 1. The van der Waals surface area contributed by atoms with Crippen LogP contribution in [0.15, 0.2) is 48.5 Å². The topological polar surface area (TPSA) is 69.7 Å². The largest absolute Gasteiger partial charge is 0.352 e. The molecule has 2 aromatic carbocycles. The molecule has 0 aliphatic carbocycles. The van der Waals surface area contributed by atoms with Gasteiger partial charge in [0.25, 0.3) is 0 Å². The van der Waals surface area contributed by atoms with Crippen molar-refractivity contribution in [3.05, 3.63) is 70.2 Å². The number of benzene rings is 2. The molecule has 0 unspecified atom stereocenters. The zero-order valence-corrected chi connectivity index (χ0v) is 20.5. The number of nitrogens with one attached hydrogen (secondary N) is 1. The Bertz CT molecular complexity index is 1070. The number of hydrogen-bond acceptors (Lipinski definition) is 4. The van der Waals surface area contributed by atoms with Gasteiger partial charge in [-0.25, -0.2) is 12.7 Å². The Hall–Kier alpha value is -1.93. The number of hydrogen-bond donors (Lipinski definition) is 1. The van der Waals surface area contributed by atoms with E-state index in [1.54, 1.807) is 24.3 Å². The molecule has 1 atom stereocenters. The minimum atomic E-state index is -3.52. The van der Waals surface area contributed by atoms with Gasteiger partial charge in [0.15, 0.2) is 0 Å². The Morgan fingerprint density at radius 2 is 1.76 bits per heavy atom. The summed E-state index contributed by atoms with van der Waals surface area (Å²) < 4.78 is 27.4. The van der Waals surface area contributed by atoms with Gasteiger partial charge in [-0.2, -0.15) is 0 Å². The van der Waals surface area contributed by atoms with Crippen LogP contribution >= 0.6 is 11.6 Å². The summed E-state index contributed by atoms with van der Waals surface area (Å²) in [5.74, 6) is -0.515. The second-order valence-electron chi connectivity index (χ2n) is 9.05. The minimum Gasteiger partial charge on any atom is -0.352 e. The Morgan fingerprint density at radius 3 is 2.52 bits per heavy atom. The molecule has 2 aliphatic rings. The van der Waals surface area contributed by atoms with E-state index < -0.39 is 10.0 Å². The zero-order valence-electron chi connectivity index (χ0n) is 18.9. The number of rotatable bonds is 8. The van der Waals surface area contributed by atoms with Crippen molar-refractivity contribution in [2.45, 2.75) is 44.5 Å². The smallest absolute Gasteiger partial charge is 0.224 e. The fourth-order valence-corrected chi connectivity index (χ4v) is 6.54. The van der Waals surface area contributed by atoms with Crippen molar-refractivity contribution in [3.8, 4) is 0 Å². The van der Waals surface area contributed by atoms with E-state index in [-0.39, 0.29) is 24.1 Å². The third-order valence-electron chi connectivity index (χ3n) is 6.55. The van der Waals surface area contributed by atoms with Crippen molar-refractivity contribution < 1.29 is 13.2 Å². The van der Waals surface area contributed by atoms with Crippen molar-refractivity contribution in [3.63, 3.8) is 0 Å². The van der Waals surface area contributed by atoms with Crippen molar-refractivity contribution in [1.82, 2.24) is 14.5 Å². The summed E-state index contributed by atoms with van der Waals surface area (Å²) in [5, 5.41) is 3.58. The molecule has 4 rings (SSSR count). The van der Waals surface area contributed by atoms with Gasteiger partial charge in [0.05, 0.1) is 11.7 Å². The van der Waals surface area contributed by atoms with Crippen LogP contribution in [-0.2, 0) is 33.7 Å². The Balaban J connectivity index is 1.34. The second-order valence-corrected chi connectivity index (χ2v) is 11.5. The molecule has 2 aliphatic heterocycles. The third-order valence-corrected chi connectivity index (χ3v) is 8.60. The van der Waals surface area contributed by atoms with Gasteiger partial charge in [0, 0.05) is 31.2 Å². The van der Waals surface area contributed by atoms with Crippen LogP contribution in [0.3, 0.4) is 0 Å². The van der Waals surface area contributed by atoms with Gasteiger partial charge in [-0.05, 0) is 67.6 Å². The van der Waals surface area contributed by atoms with E-state index >= 15 is 0 Å². The fraction of sp³-hybridized carbons (Fsp3) is 0.480. The molecular weight excluding hydrogens is 458 g/mol. The number of nitrogens with zero attached hydrogens (tertiary/aromatic N) is 2. The van der Waals surface area contributed by atoms with Crippen LogP contribution in [0, 0.1) is 5.92 Å². The number of carbonyl (C=O) groups excluding carboxylic acids is 1. The molecule has 0 bridgehead atoms. The van der Waals surface area contributed by atoms with E-state index in [4.69, 9.17) is 11.6 Å². The second kappa shape index (κ2) is 11.0. The van der Waals surface area contributed by atoms with Gasteiger partial charge >= 0.3 is 0 Å². The lowest BCUT2D eigenvalue weighted by atomic mass is 9.98. The van der Waals surface area contributed by atoms with Crippen LogP contribution in [0.1, 0.15) is 42.4 Å². The number of likely N-dealkylation sites (tertiary alicyclic amines) is 1.